The van der Waals surface area contributed by atoms with Gasteiger partial charge in [0.15, 0.2) is 5.15 Å². The van der Waals surface area contributed by atoms with Crippen LogP contribution in [0.5, 0.6) is 5.75 Å². The highest BCUT2D eigenvalue weighted by atomic mass is 35.5. The second kappa shape index (κ2) is 13.1. The average Bonchev–Trinajstić information content (AvgIpc) is 3.30. The quantitative estimate of drug-likeness (QED) is 0.270. The van der Waals surface area contributed by atoms with E-state index >= 15 is 0 Å². The third kappa shape index (κ3) is 8.58. The van der Waals surface area contributed by atoms with Gasteiger partial charge in [0, 0.05) is 11.4 Å². The molecule has 3 aromatic rings. The highest BCUT2D eigenvalue weighted by molar-refractivity contribution is 6.31. The van der Waals surface area contributed by atoms with Gasteiger partial charge in [-0.15, -0.1) is 16.7 Å². The first-order valence-electron chi connectivity index (χ1n) is 11.8. The normalized spacial score (nSPS) is 12.0. The zero-order chi connectivity index (χ0) is 28.7. The molecule has 208 valence electrons. The van der Waals surface area contributed by atoms with Crippen LogP contribution in [0.25, 0.3) is 5.69 Å². The van der Waals surface area contributed by atoms with Gasteiger partial charge in [-0.1, -0.05) is 40.5 Å². The molecule has 0 aliphatic carbocycles. The van der Waals surface area contributed by atoms with E-state index in [4.69, 9.17) is 44.3 Å². The highest BCUT2D eigenvalue weighted by Gasteiger charge is 2.34. The van der Waals surface area contributed by atoms with E-state index in [-0.39, 0.29) is 17.3 Å². The molecule has 13 heteroatoms. The number of alkyl halides is 1. The summed E-state index contributed by atoms with van der Waals surface area (Å²) in [4.78, 5) is 40.7. The molecular weight excluding hydrogens is 569 g/mol. The van der Waals surface area contributed by atoms with Crippen molar-refractivity contribution in [2.75, 3.05) is 24.9 Å². The third-order valence-electron chi connectivity index (χ3n) is 5.34. The molecule has 0 fully saturated rings. The van der Waals surface area contributed by atoms with Crippen LogP contribution in [-0.2, 0) is 25.5 Å². The third-order valence-corrected chi connectivity index (χ3v) is 5.97. The predicted molar refractivity (Wildman–Crippen MR) is 149 cm³/mol. The Morgan fingerprint density at radius 3 is 2.36 bits per heavy atom. The van der Waals surface area contributed by atoms with E-state index in [0.717, 1.165) is 10.5 Å². The van der Waals surface area contributed by atoms with Crippen LogP contribution in [0.3, 0.4) is 0 Å². The van der Waals surface area contributed by atoms with Crippen LogP contribution in [0, 0.1) is 0 Å². The van der Waals surface area contributed by atoms with Gasteiger partial charge >= 0.3 is 5.97 Å². The largest absolute Gasteiger partial charge is 0.497 e. The van der Waals surface area contributed by atoms with Crippen molar-refractivity contribution in [2.45, 2.75) is 38.8 Å². The van der Waals surface area contributed by atoms with Crippen molar-refractivity contribution in [2.24, 2.45) is 0 Å². The summed E-state index contributed by atoms with van der Waals surface area (Å²) < 4.78 is 12.2. The molecule has 0 bridgehead atoms. The van der Waals surface area contributed by atoms with Gasteiger partial charge in [0.2, 0.25) is 11.8 Å². The fourth-order valence-corrected chi connectivity index (χ4v) is 4.09. The summed E-state index contributed by atoms with van der Waals surface area (Å²) in [6.45, 7) is 4.65. The number of amides is 2. The lowest BCUT2D eigenvalue weighted by Crippen LogP contribution is -2.51. The Hall–Kier alpha value is -3.34. The van der Waals surface area contributed by atoms with Gasteiger partial charge in [-0.25, -0.2) is 9.48 Å². The number of hydrogen-bond acceptors (Lipinski definition) is 7. The van der Waals surface area contributed by atoms with Gasteiger partial charge in [0.1, 0.15) is 29.8 Å². The van der Waals surface area contributed by atoms with Gasteiger partial charge in [0.25, 0.3) is 0 Å². The van der Waals surface area contributed by atoms with Crippen LogP contribution in [0.4, 0.5) is 5.69 Å². The highest BCUT2D eigenvalue weighted by Crippen LogP contribution is 2.25. The second-order valence-electron chi connectivity index (χ2n) is 9.45. The molecule has 0 saturated heterocycles. The molecule has 1 atom stereocenters. The first-order chi connectivity index (χ1) is 18.4. The van der Waals surface area contributed by atoms with E-state index < -0.39 is 41.9 Å². The van der Waals surface area contributed by atoms with E-state index in [1.54, 1.807) is 64.3 Å². The van der Waals surface area contributed by atoms with Crippen molar-refractivity contribution >= 4 is 58.3 Å². The number of rotatable bonds is 10. The lowest BCUT2D eigenvalue weighted by molar-refractivity contribution is -0.164. The first kappa shape index (κ1) is 30.2. The number of anilines is 1. The van der Waals surface area contributed by atoms with Crippen molar-refractivity contribution in [3.05, 3.63) is 64.4 Å². The van der Waals surface area contributed by atoms with Crippen LogP contribution < -0.4 is 10.1 Å². The Balaban J connectivity index is 1.91. The average molecular weight is 597 g/mol. The standard InChI is InChI=1S/C26H28Cl3N5O5/c1-26(2,3)39-25(37)21(11-16-5-8-18(38-4)9-6-16)33(24(36)13-27)15-23(35)30-19-12-17(28)7-10-20(19)34-14-22(29)31-32-34/h5-10,12,14,21H,11,13,15H2,1-4H3,(H,30,35). The minimum atomic E-state index is -1.14. The molecule has 3 rings (SSSR count). The van der Waals surface area contributed by atoms with Crippen LogP contribution in [0.1, 0.15) is 26.3 Å². The summed E-state index contributed by atoms with van der Waals surface area (Å²) in [6.07, 6.45) is 1.53. The Bertz CT molecular complexity index is 1320. The smallest absolute Gasteiger partial charge is 0.329 e. The molecule has 0 aliphatic heterocycles. The minimum Gasteiger partial charge on any atom is -0.497 e. The predicted octanol–water partition coefficient (Wildman–Crippen LogP) is 4.54. The van der Waals surface area contributed by atoms with Crippen molar-refractivity contribution < 1.29 is 23.9 Å². The topological polar surface area (TPSA) is 116 Å². The lowest BCUT2D eigenvalue weighted by atomic mass is 10.0. The molecule has 39 heavy (non-hydrogen) atoms. The van der Waals surface area contributed by atoms with Gasteiger partial charge in [-0.05, 0) is 56.7 Å². The Kier molecular flexibility index (Phi) is 10.2. The Morgan fingerprint density at radius 1 is 1.10 bits per heavy atom. The molecule has 2 amide bonds. The summed E-state index contributed by atoms with van der Waals surface area (Å²) in [5.74, 6) is -1.72. The Morgan fingerprint density at radius 2 is 1.79 bits per heavy atom. The molecule has 0 spiro atoms. The number of carbonyl (C=O) groups excluding carboxylic acids is 3. The van der Waals surface area contributed by atoms with E-state index in [0.29, 0.717) is 16.5 Å². The Labute approximate surface area is 241 Å². The van der Waals surface area contributed by atoms with Crippen LogP contribution in [0.15, 0.2) is 48.7 Å². The van der Waals surface area contributed by atoms with Crippen LogP contribution in [-0.4, -0.2) is 68.9 Å². The number of halogens is 3. The van der Waals surface area contributed by atoms with Crippen LogP contribution >= 0.6 is 34.8 Å². The number of ether oxygens (including phenoxy) is 2. The number of nitrogens with zero attached hydrogens (tertiary/aromatic N) is 4. The number of benzene rings is 2. The van der Waals surface area contributed by atoms with Crippen molar-refractivity contribution in [3.8, 4) is 11.4 Å². The van der Waals surface area contributed by atoms with Crippen molar-refractivity contribution in [3.63, 3.8) is 0 Å². The van der Waals surface area contributed by atoms with E-state index in [1.807, 2.05) is 0 Å². The summed E-state index contributed by atoms with van der Waals surface area (Å²) in [7, 11) is 1.54. The molecule has 0 saturated carbocycles. The summed E-state index contributed by atoms with van der Waals surface area (Å²) in [5, 5.41) is 10.9. The molecule has 10 nitrogen and oxygen atoms in total. The molecule has 1 aromatic heterocycles. The van der Waals surface area contributed by atoms with Gasteiger partial charge in [-0.2, -0.15) is 0 Å². The van der Waals surface area contributed by atoms with Gasteiger partial charge in [-0.3, -0.25) is 9.59 Å². The van der Waals surface area contributed by atoms with E-state index in [1.165, 1.54) is 16.9 Å². The molecule has 1 heterocycles. The minimum absolute atomic E-state index is 0.0781. The lowest BCUT2D eigenvalue weighted by Gasteiger charge is -2.32. The number of carbonyl (C=O) groups is 3. The maximum atomic E-state index is 13.3. The zero-order valence-electron chi connectivity index (χ0n) is 21.8. The summed E-state index contributed by atoms with van der Waals surface area (Å²) in [5.41, 5.74) is 0.613. The maximum absolute atomic E-state index is 13.3. The summed E-state index contributed by atoms with van der Waals surface area (Å²) in [6, 6.07) is 10.6. The number of hydrogen-bond donors (Lipinski definition) is 1. The first-order valence-corrected chi connectivity index (χ1v) is 13.1. The molecule has 2 aromatic carbocycles. The van der Waals surface area contributed by atoms with Crippen LogP contribution in [0.2, 0.25) is 10.2 Å². The van der Waals surface area contributed by atoms with Crippen molar-refractivity contribution in [1.82, 2.24) is 19.9 Å². The molecule has 1 N–H and O–H groups in total. The fourth-order valence-electron chi connectivity index (χ4n) is 3.64. The molecule has 1 unspecified atom stereocenters. The number of nitrogens with one attached hydrogen (secondary N) is 1. The summed E-state index contributed by atoms with van der Waals surface area (Å²) >= 11 is 18.0. The number of methoxy groups -OCH3 is 1. The fraction of sp³-hybridized carbons (Fsp3) is 0.346. The monoisotopic (exact) mass is 595 g/mol. The second-order valence-corrected chi connectivity index (χ2v) is 10.5. The van der Waals surface area contributed by atoms with Gasteiger partial charge in [0.05, 0.1) is 24.7 Å². The van der Waals surface area contributed by atoms with Crippen molar-refractivity contribution in [1.29, 1.82) is 0 Å². The van der Waals surface area contributed by atoms with Gasteiger partial charge < -0.3 is 19.7 Å². The number of esters is 1. The molecule has 0 radical (unpaired) electrons. The SMILES string of the molecule is COc1ccc(CC(C(=O)OC(C)(C)C)N(CC(=O)Nc2cc(Cl)ccc2-n2cc(Cl)nn2)C(=O)CCl)cc1. The van der Waals surface area contributed by atoms with E-state index in [9.17, 15) is 14.4 Å². The zero-order valence-corrected chi connectivity index (χ0v) is 24.0. The molecule has 0 aliphatic rings. The van der Waals surface area contributed by atoms with E-state index in [2.05, 4.69) is 15.6 Å². The maximum Gasteiger partial charge on any atom is 0.329 e. The molecular formula is C26H28Cl3N5O5. The number of aromatic nitrogens is 3.